The summed E-state index contributed by atoms with van der Waals surface area (Å²) >= 11 is 0. The van der Waals surface area contributed by atoms with Crippen LogP contribution in [-0.4, -0.2) is 62.2 Å². The molecule has 1 aliphatic heterocycles. The lowest BCUT2D eigenvalue weighted by Crippen LogP contribution is -2.48. The van der Waals surface area contributed by atoms with E-state index in [9.17, 15) is 4.79 Å². The van der Waals surface area contributed by atoms with Gasteiger partial charge in [-0.15, -0.1) is 0 Å². The van der Waals surface area contributed by atoms with E-state index in [0.717, 1.165) is 50.6 Å². The van der Waals surface area contributed by atoms with Gasteiger partial charge in [0.1, 0.15) is 5.56 Å². The first-order valence-electron chi connectivity index (χ1n) is 11.3. The van der Waals surface area contributed by atoms with Crippen LogP contribution in [0.1, 0.15) is 16.1 Å². The van der Waals surface area contributed by atoms with E-state index in [1.807, 2.05) is 30.3 Å². The van der Waals surface area contributed by atoms with Crippen LogP contribution in [0.15, 0.2) is 72.9 Å². The fraction of sp³-hybridized carbons (Fsp3) is 0.308. The number of methoxy groups -OCH3 is 1. The molecule has 2 N–H and O–H groups in total. The molecule has 7 heteroatoms. The minimum Gasteiger partial charge on any atom is -0.465 e. The monoisotopic (exact) mass is 445 g/mol. The molecule has 0 unspecified atom stereocenters. The van der Waals surface area contributed by atoms with E-state index < -0.39 is 5.97 Å². The van der Waals surface area contributed by atoms with Crippen LogP contribution in [0, 0.1) is 0 Å². The Morgan fingerprint density at radius 2 is 1.76 bits per heavy atom. The van der Waals surface area contributed by atoms with Crippen LogP contribution < -0.4 is 15.5 Å². The molecular formula is C26H31N5O2. The van der Waals surface area contributed by atoms with Crippen molar-refractivity contribution in [1.82, 2.24) is 9.88 Å². The highest BCUT2D eigenvalue weighted by atomic mass is 16.5. The Hall–Kier alpha value is -3.58. The molecule has 1 fully saturated rings. The van der Waals surface area contributed by atoms with E-state index in [4.69, 9.17) is 10.5 Å². The van der Waals surface area contributed by atoms with Gasteiger partial charge >= 0.3 is 5.97 Å². The SMILES string of the molecule is COC(=O)c1c(N)cccc1N(CCN1CCN(c2ccccc2)CC1)Cc1ccccn1. The summed E-state index contributed by atoms with van der Waals surface area (Å²) in [6.07, 6.45) is 1.79. The van der Waals surface area contributed by atoms with Crippen molar-refractivity contribution in [3.63, 3.8) is 0 Å². The Bertz CT molecular complexity index is 1040. The number of anilines is 3. The third-order valence-corrected chi connectivity index (χ3v) is 6.06. The number of aromatic nitrogens is 1. The lowest BCUT2D eigenvalue weighted by molar-refractivity contribution is 0.0602. The van der Waals surface area contributed by atoms with Crippen molar-refractivity contribution in [2.45, 2.75) is 6.54 Å². The molecule has 0 aliphatic carbocycles. The molecule has 2 aromatic carbocycles. The molecule has 0 atom stereocenters. The standard InChI is InChI=1S/C26H31N5O2/c1-33-26(32)25-23(27)11-7-12-24(25)31(20-21-8-5-6-13-28-21)19-16-29-14-17-30(18-15-29)22-9-3-2-4-10-22/h2-13H,14-20,27H2,1H3. The van der Waals surface area contributed by atoms with Crippen molar-refractivity contribution in [3.8, 4) is 0 Å². The summed E-state index contributed by atoms with van der Waals surface area (Å²) < 4.78 is 5.03. The number of nitrogens with two attached hydrogens (primary N) is 1. The summed E-state index contributed by atoms with van der Waals surface area (Å²) in [5.41, 5.74) is 9.99. The highest BCUT2D eigenvalue weighted by molar-refractivity contribution is 6.01. The second kappa shape index (κ2) is 10.8. The average molecular weight is 446 g/mol. The largest absolute Gasteiger partial charge is 0.465 e. The number of carbonyl (C=O) groups excluding carboxylic acids is 1. The van der Waals surface area contributed by atoms with Crippen LogP contribution in [0.3, 0.4) is 0 Å². The number of esters is 1. The van der Waals surface area contributed by atoms with Gasteiger partial charge in [0.05, 0.1) is 25.0 Å². The molecule has 1 saturated heterocycles. The van der Waals surface area contributed by atoms with Gasteiger partial charge in [-0.05, 0) is 36.4 Å². The van der Waals surface area contributed by atoms with Crippen LogP contribution in [0.4, 0.5) is 17.1 Å². The van der Waals surface area contributed by atoms with Crippen molar-refractivity contribution in [3.05, 3.63) is 84.2 Å². The number of piperazine rings is 1. The number of nitrogens with zero attached hydrogens (tertiary/aromatic N) is 4. The summed E-state index contributed by atoms with van der Waals surface area (Å²) in [7, 11) is 1.38. The Labute approximate surface area is 195 Å². The number of ether oxygens (including phenoxy) is 1. The Morgan fingerprint density at radius 1 is 1.00 bits per heavy atom. The molecule has 1 aromatic heterocycles. The van der Waals surface area contributed by atoms with Gasteiger partial charge in [-0.2, -0.15) is 0 Å². The normalized spacial score (nSPS) is 14.2. The lowest BCUT2D eigenvalue weighted by atomic mass is 10.1. The molecule has 3 aromatic rings. The van der Waals surface area contributed by atoms with Gasteiger partial charge in [0.15, 0.2) is 0 Å². The van der Waals surface area contributed by atoms with E-state index in [1.165, 1.54) is 12.8 Å². The van der Waals surface area contributed by atoms with Gasteiger partial charge in [-0.25, -0.2) is 4.79 Å². The van der Waals surface area contributed by atoms with Crippen LogP contribution >= 0.6 is 0 Å². The molecular weight excluding hydrogens is 414 g/mol. The molecule has 0 saturated carbocycles. The number of carbonyl (C=O) groups is 1. The summed E-state index contributed by atoms with van der Waals surface area (Å²) in [4.78, 5) is 24.1. The minimum atomic E-state index is -0.425. The third-order valence-electron chi connectivity index (χ3n) is 6.06. The van der Waals surface area contributed by atoms with Gasteiger partial charge in [0, 0.05) is 56.8 Å². The highest BCUT2D eigenvalue weighted by Gasteiger charge is 2.22. The number of nitrogen functional groups attached to an aromatic ring is 1. The van der Waals surface area contributed by atoms with Crippen LogP contribution in [0.25, 0.3) is 0 Å². The van der Waals surface area contributed by atoms with Crippen molar-refractivity contribution >= 4 is 23.0 Å². The Morgan fingerprint density at radius 3 is 2.45 bits per heavy atom. The maximum Gasteiger partial charge on any atom is 0.342 e. The lowest BCUT2D eigenvalue weighted by Gasteiger charge is -2.37. The zero-order valence-corrected chi connectivity index (χ0v) is 19.1. The fourth-order valence-electron chi connectivity index (χ4n) is 4.25. The summed E-state index contributed by atoms with van der Waals surface area (Å²) in [5.74, 6) is -0.425. The van der Waals surface area contributed by atoms with Crippen molar-refractivity contribution in [2.24, 2.45) is 0 Å². The fourth-order valence-corrected chi connectivity index (χ4v) is 4.25. The molecule has 0 bridgehead atoms. The van der Waals surface area contributed by atoms with Crippen LogP contribution in [0.2, 0.25) is 0 Å². The topological polar surface area (TPSA) is 74.9 Å². The second-order valence-electron chi connectivity index (χ2n) is 8.14. The minimum absolute atomic E-state index is 0.407. The molecule has 7 nitrogen and oxygen atoms in total. The summed E-state index contributed by atoms with van der Waals surface area (Å²) in [6.45, 7) is 6.19. The molecule has 0 amide bonds. The van der Waals surface area contributed by atoms with Crippen molar-refractivity contribution in [1.29, 1.82) is 0 Å². The number of pyridine rings is 1. The predicted octanol–water partition coefficient (Wildman–Crippen LogP) is 3.28. The van der Waals surface area contributed by atoms with Gasteiger partial charge in [-0.1, -0.05) is 30.3 Å². The van der Waals surface area contributed by atoms with Gasteiger partial charge in [0.2, 0.25) is 0 Å². The quantitative estimate of drug-likeness (QED) is 0.421. The van der Waals surface area contributed by atoms with E-state index in [-0.39, 0.29) is 0 Å². The Kier molecular flexibility index (Phi) is 7.42. The van der Waals surface area contributed by atoms with E-state index in [0.29, 0.717) is 17.8 Å². The first kappa shape index (κ1) is 22.6. The van der Waals surface area contributed by atoms with Crippen molar-refractivity contribution < 1.29 is 9.53 Å². The van der Waals surface area contributed by atoms with Crippen LogP contribution in [-0.2, 0) is 11.3 Å². The first-order valence-corrected chi connectivity index (χ1v) is 11.3. The molecule has 172 valence electrons. The number of para-hydroxylation sites is 1. The summed E-state index contributed by atoms with van der Waals surface area (Å²) in [5, 5.41) is 0. The zero-order chi connectivity index (χ0) is 23.0. The predicted molar refractivity (Wildman–Crippen MR) is 133 cm³/mol. The zero-order valence-electron chi connectivity index (χ0n) is 19.1. The van der Waals surface area contributed by atoms with E-state index in [1.54, 1.807) is 12.3 Å². The van der Waals surface area contributed by atoms with Gasteiger partial charge < -0.3 is 20.3 Å². The van der Waals surface area contributed by atoms with E-state index in [2.05, 4.69) is 50.0 Å². The number of hydrogen-bond donors (Lipinski definition) is 1. The molecule has 4 rings (SSSR count). The number of hydrogen-bond acceptors (Lipinski definition) is 7. The first-order chi connectivity index (χ1) is 16.2. The smallest absolute Gasteiger partial charge is 0.342 e. The maximum atomic E-state index is 12.5. The van der Waals surface area contributed by atoms with Crippen molar-refractivity contribution in [2.75, 3.05) is 61.9 Å². The van der Waals surface area contributed by atoms with Gasteiger partial charge in [0.25, 0.3) is 0 Å². The number of benzene rings is 2. The molecule has 2 heterocycles. The average Bonchev–Trinajstić information content (AvgIpc) is 2.87. The molecule has 0 spiro atoms. The third kappa shape index (κ3) is 5.62. The molecule has 0 radical (unpaired) electrons. The Balaban J connectivity index is 1.48. The maximum absolute atomic E-state index is 12.5. The highest BCUT2D eigenvalue weighted by Crippen LogP contribution is 2.28. The molecule has 33 heavy (non-hydrogen) atoms. The molecule has 1 aliphatic rings. The van der Waals surface area contributed by atoms with Gasteiger partial charge in [-0.3, -0.25) is 9.88 Å². The second-order valence-corrected chi connectivity index (χ2v) is 8.14. The van der Waals surface area contributed by atoms with Crippen LogP contribution in [0.5, 0.6) is 0 Å². The number of rotatable bonds is 8. The summed E-state index contributed by atoms with van der Waals surface area (Å²) in [6, 6.07) is 22.0. The van der Waals surface area contributed by atoms with E-state index >= 15 is 0 Å².